The molecule has 5 heteroatoms. The van der Waals surface area contributed by atoms with Crippen molar-refractivity contribution in [2.24, 2.45) is 0 Å². The second kappa shape index (κ2) is 8.82. The van der Waals surface area contributed by atoms with Crippen LogP contribution in [0.3, 0.4) is 0 Å². The van der Waals surface area contributed by atoms with E-state index in [1.165, 1.54) is 0 Å². The standard InChI is InChI=1S/C14H21F2NO2/c1-3-6-12(10-18-2)17-9-11-7-4-5-8-13(11)19-14(15)16/h4-5,7-8,12,14,17H,3,6,9-10H2,1-2H3. The van der Waals surface area contributed by atoms with Gasteiger partial charge in [0.15, 0.2) is 0 Å². The molecule has 3 nitrogen and oxygen atoms in total. The van der Waals surface area contributed by atoms with Gasteiger partial charge in [-0.3, -0.25) is 0 Å². The van der Waals surface area contributed by atoms with Crippen molar-refractivity contribution in [2.45, 2.75) is 39.0 Å². The molecule has 1 unspecified atom stereocenters. The third kappa shape index (κ3) is 5.98. The van der Waals surface area contributed by atoms with E-state index in [1.54, 1.807) is 31.4 Å². The molecule has 0 radical (unpaired) electrons. The third-order valence-electron chi connectivity index (χ3n) is 2.77. The molecule has 0 aliphatic heterocycles. The van der Waals surface area contributed by atoms with Crippen LogP contribution in [0.15, 0.2) is 24.3 Å². The van der Waals surface area contributed by atoms with Crippen molar-refractivity contribution in [3.8, 4) is 5.75 Å². The van der Waals surface area contributed by atoms with Crippen molar-refractivity contribution in [1.82, 2.24) is 5.32 Å². The van der Waals surface area contributed by atoms with Crippen LogP contribution >= 0.6 is 0 Å². The van der Waals surface area contributed by atoms with Crippen molar-refractivity contribution in [3.63, 3.8) is 0 Å². The molecular formula is C14H21F2NO2. The van der Waals surface area contributed by atoms with Crippen LogP contribution < -0.4 is 10.1 Å². The molecule has 0 saturated carbocycles. The molecule has 0 aliphatic rings. The summed E-state index contributed by atoms with van der Waals surface area (Å²) < 4.78 is 34.2. The first-order chi connectivity index (χ1) is 9.17. The SMILES string of the molecule is CCCC(COC)NCc1ccccc1OC(F)F. The van der Waals surface area contributed by atoms with Gasteiger partial charge in [0.25, 0.3) is 0 Å². The normalized spacial score (nSPS) is 12.7. The van der Waals surface area contributed by atoms with Gasteiger partial charge in [0.05, 0.1) is 6.61 Å². The average molecular weight is 273 g/mol. The van der Waals surface area contributed by atoms with Gasteiger partial charge in [0, 0.05) is 25.3 Å². The van der Waals surface area contributed by atoms with E-state index in [1.807, 2.05) is 0 Å². The number of para-hydroxylation sites is 1. The number of rotatable bonds is 9. The van der Waals surface area contributed by atoms with E-state index in [4.69, 9.17) is 4.74 Å². The van der Waals surface area contributed by atoms with Gasteiger partial charge in [-0.2, -0.15) is 8.78 Å². The van der Waals surface area contributed by atoms with Gasteiger partial charge >= 0.3 is 6.61 Å². The fraction of sp³-hybridized carbons (Fsp3) is 0.571. The van der Waals surface area contributed by atoms with E-state index in [9.17, 15) is 8.78 Å². The minimum atomic E-state index is -2.80. The van der Waals surface area contributed by atoms with Crippen LogP contribution in [0, 0.1) is 0 Å². The molecule has 0 aromatic heterocycles. The molecule has 108 valence electrons. The van der Waals surface area contributed by atoms with Crippen molar-refractivity contribution < 1.29 is 18.3 Å². The zero-order valence-corrected chi connectivity index (χ0v) is 11.4. The van der Waals surface area contributed by atoms with Crippen LogP contribution in [0.25, 0.3) is 0 Å². The van der Waals surface area contributed by atoms with Crippen LogP contribution in [-0.4, -0.2) is 26.4 Å². The Morgan fingerprint density at radius 3 is 2.63 bits per heavy atom. The summed E-state index contributed by atoms with van der Waals surface area (Å²) in [6.45, 7) is 0.382. The molecule has 1 atom stereocenters. The summed E-state index contributed by atoms with van der Waals surface area (Å²) in [6, 6.07) is 7.03. The monoisotopic (exact) mass is 273 g/mol. The lowest BCUT2D eigenvalue weighted by molar-refractivity contribution is -0.0505. The molecule has 0 heterocycles. The fourth-order valence-electron chi connectivity index (χ4n) is 1.91. The molecule has 1 aromatic rings. The topological polar surface area (TPSA) is 30.5 Å². The first kappa shape index (κ1) is 15.9. The highest BCUT2D eigenvalue weighted by Gasteiger charge is 2.11. The van der Waals surface area contributed by atoms with Crippen molar-refractivity contribution in [2.75, 3.05) is 13.7 Å². The van der Waals surface area contributed by atoms with Crippen molar-refractivity contribution >= 4 is 0 Å². The highest BCUT2D eigenvalue weighted by molar-refractivity contribution is 5.33. The highest BCUT2D eigenvalue weighted by atomic mass is 19.3. The van der Waals surface area contributed by atoms with E-state index >= 15 is 0 Å². The largest absolute Gasteiger partial charge is 0.434 e. The highest BCUT2D eigenvalue weighted by Crippen LogP contribution is 2.20. The summed E-state index contributed by atoms with van der Waals surface area (Å²) in [5.74, 6) is 0.220. The molecule has 1 N–H and O–H groups in total. The third-order valence-corrected chi connectivity index (χ3v) is 2.77. The maximum Gasteiger partial charge on any atom is 0.387 e. The van der Waals surface area contributed by atoms with Gasteiger partial charge in [0.1, 0.15) is 5.75 Å². The quantitative estimate of drug-likeness (QED) is 0.749. The first-order valence-electron chi connectivity index (χ1n) is 6.42. The molecule has 0 saturated heterocycles. The smallest absolute Gasteiger partial charge is 0.387 e. The lowest BCUT2D eigenvalue weighted by Crippen LogP contribution is -2.32. The van der Waals surface area contributed by atoms with Crippen LogP contribution in [0.5, 0.6) is 5.75 Å². The minimum absolute atomic E-state index is 0.217. The second-order valence-electron chi connectivity index (χ2n) is 4.31. The Balaban J connectivity index is 2.59. The Morgan fingerprint density at radius 1 is 1.26 bits per heavy atom. The predicted octanol–water partition coefficient (Wildman–Crippen LogP) is 3.19. The molecule has 1 aromatic carbocycles. The number of benzene rings is 1. The molecule has 1 rings (SSSR count). The Morgan fingerprint density at radius 2 is 2.00 bits per heavy atom. The van der Waals surface area contributed by atoms with E-state index in [0.717, 1.165) is 18.4 Å². The molecule has 19 heavy (non-hydrogen) atoms. The first-order valence-corrected chi connectivity index (χ1v) is 6.42. The molecule has 0 aliphatic carbocycles. The lowest BCUT2D eigenvalue weighted by Gasteiger charge is -2.18. The lowest BCUT2D eigenvalue weighted by atomic mass is 10.1. The van der Waals surface area contributed by atoms with Crippen molar-refractivity contribution in [1.29, 1.82) is 0 Å². The van der Waals surface area contributed by atoms with Crippen molar-refractivity contribution in [3.05, 3.63) is 29.8 Å². The maximum atomic E-state index is 12.3. The molecular weight excluding hydrogens is 252 g/mol. The average Bonchev–Trinajstić information content (AvgIpc) is 2.37. The number of ether oxygens (including phenoxy) is 2. The van der Waals surface area contributed by atoms with Crippen LogP contribution in [-0.2, 0) is 11.3 Å². The zero-order chi connectivity index (χ0) is 14.1. The number of halogens is 2. The molecule has 0 spiro atoms. The van der Waals surface area contributed by atoms with Gasteiger partial charge in [0.2, 0.25) is 0 Å². The van der Waals surface area contributed by atoms with Crippen LogP contribution in [0.2, 0.25) is 0 Å². The number of hydrogen-bond acceptors (Lipinski definition) is 3. The zero-order valence-electron chi connectivity index (χ0n) is 11.4. The Kier molecular flexibility index (Phi) is 7.36. The second-order valence-corrected chi connectivity index (χ2v) is 4.31. The Bertz CT molecular complexity index is 355. The Labute approximate surface area is 112 Å². The maximum absolute atomic E-state index is 12.3. The summed E-state index contributed by atoms with van der Waals surface area (Å²) in [6.07, 6.45) is 2.02. The van der Waals surface area contributed by atoms with Crippen LogP contribution in [0.1, 0.15) is 25.3 Å². The molecule has 0 fully saturated rings. The number of nitrogens with one attached hydrogen (secondary N) is 1. The van der Waals surface area contributed by atoms with E-state index in [-0.39, 0.29) is 11.8 Å². The summed E-state index contributed by atoms with van der Waals surface area (Å²) in [5, 5.41) is 3.30. The van der Waals surface area contributed by atoms with Gasteiger partial charge < -0.3 is 14.8 Å². The Hall–Kier alpha value is -1.20. The van der Waals surface area contributed by atoms with Gasteiger partial charge in [-0.1, -0.05) is 31.5 Å². The predicted molar refractivity (Wildman–Crippen MR) is 70.5 cm³/mol. The summed E-state index contributed by atoms with van der Waals surface area (Å²) >= 11 is 0. The van der Waals surface area contributed by atoms with E-state index in [0.29, 0.717) is 13.2 Å². The molecule has 0 bridgehead atoms. The summed E-state index contributed by atoms with van der Waals surface area (Å²) in [5.41, 5.74) is 0.722. The van der Waals surface area contributed by atoms with Gasteiger partial charge in [-0.15, -0.1) is 0 Å². The number of alkyl halides is 2. The fourth-order valence-corrected chi connectivity index (χ4v) is 1.91. The number of methoxy groups -OCH3 is 1. The van der Waals surface area contributed by atoms with E-state index in [2.05, 4.69) is 17.0 Å². The summed E-state index contributed by atoms with van der Waals surface area (Å²) in [4.78, 5) is 0. The summed E-state index contributed by atoms with van der Waals surface area (Å²) in [7, 11) is 1.65. The minimum Gasteiger partial charge on any atom is -0.434 e. The van der Waals surface area contributed by atoms with E-state index < -0.39 is 6.61 Å². The van der Waals surface area contributed by atoms with Crippen LogP contribution in [0.4, 0.5) is 8.78 Å². The number of hydrogen-bond donors (Lipinski definition) is 1. The molecule has 0 amide bonds. The van der Waals surface area contributed by atoms with Gasteiger partial charge in [-0.05, 0) is 12.5 Å². The van der Waals surface area contributed by atoms with Gasteiger partial charge in [-0.25, -0.2) is 0 Å².